The number of alkyl halides is 2. The molecule has 192 valence electrons. The first kappa shape index (κ1) is 24.5. The zero-order chi connectivity index (χ0) is 26.3. The molecular weight excluding hydrogens is 480 g/mol. The molecule has 1 saturated heterocycles. The van der Waals surface area contributed by atoms with E-state index >= 15 is 0 Å². The Labute approximate surface area is 212 Å². The van der Waals surface area contributed by atoms with E-state index in [4.69, 9.17) is 4.74 Å². The van der Waals surface area contributed by atoms with Crippen LogP contribution in [0.3, 0.4) is 0 Å². The standard InChI is InChI=1S/C26H27F2N7O2/c1-5-23(36)33-11-9-21(15(33)2)35-16(3)24(31-32-35)18-12-20-25(34(14-30-20)26(27)28)22(13-18)37-17(4)19-8-6-7-10-29-19/h5-8,10,12-15,17,21,26H,1,9,11H2,2-4H3. The molecule has 37 heavy (non-hydrogen) atoms. The molecule has 11 heteroatoms. The van der Waals surface area contributed by atoms with Gasteiger partial charge in [-0.2, -0.15) is 8.78 Å². The summed E-state index contributed by atoms with van der Waals surface area (Å²) in [7, 11) is 0. The van der Waals surface area contributed by atoms with Gasteiger partial charge in [-0.3, -0.25) is 14.3 Å². The van der Waals surface area contributed by atoms with Crippen molar-refractivity contribution < 1.29 is 18.3 Å². The molecule has 4 heterocycles. The van der Waals surface area contributed by atoms with E-state index in [0.29, 0.717) is 29.0 Å². The Morgan fingerprint density at radius 3 is 2.78 bits per heavy atom. The van der Waals surface area contributed by atoms with Crippen LogP contribution in [0.15, 0.2) is 55.5 Å². The van der Waals surface area contributed by atoms with Crippen molar-refractivity contribution in [3.05, 3.63) is 66.9 Å². The molecule has 5 rings (SSSR count). The maximum atomic E-state index is 13.8. The van der Waals surface area contributed by atoms with Crippen LogP contribution in [0.4, 0.5) is 8.78 Å². The van der Waals surface area contributed by atoms with Crippen molar-refractivity contribution in [2.45, 2.75) is 51.9 Å². The SMILES string of the molecule is C=CC(=O)N1CCC(n2nnc(-c3cc(OC(C)c4ccccn4)c4c(c3)ncn4C(F)F)c2C)C1C. The minimum absolute atomic E-state index is 0.0492. The van der Waals surface area contributed by atoms with Crippen molar-refractivity contribution in [3.8, 4) is 17.0 Å². The summed E-state index contributed by atoms with van der Waals surface area (Å²) in [5.74, 6) is 0.131. The lowest BCUT2D eigenvalue weighted by Gasteiger charge is -2.24. The number of aromatic nitrogens is 6. The maximum Gasteiger partial charge on any atom is 0.320 e. The van der Waals surface area contributed by atoms with Gasteiger partial charge in [0.1, 0.15) is 29.4 Å². The van der Waals surface area contributed by atoms with Crippen LogP contribution in [0.1, 0.15) is 50.4 Å². The number of halogens is 2. The van der Waals surface area contributed by atoms with E-state index in [1.165, 1.54) is 6.08 Å². The molecule has 0 aliphatic carbocycles. The summed E-state index contributed by atoms with van der Waals surface area (Å²) in [6.45, 7) is 7.10. The van der Waals surface area contributed by atoms with Crippen LogP contribution in [0.25, 0.3) is 22.3 Å². The Balaban J connectivity index is 1.54. The molecule has 0 N–H and O–H groups in total. The number of amides is 1. The molecular formula is C26H27F2N7O2. The highest BCUT2D eigenvalue weighted by atomic mass is 19.3. The smallest absolute Gasteiger partial charge is 0.320 e. The monoisotopic (exact) mass is 507 g/mol. The van der Waals surface area contributed by atoms with Crippen molar-refractivity contribution in [1.29, 1.82) is 0 Å². The molecule has 3 unspecified atom stereocenters. The summed E-state index contributed by atoms with van der Waals surface area (Å²) < 4.78 is 36.4. The molecule has 1 aliphatic rings. The second-order valence-corrected chi connectivity index (χ2v) is 9.09. The number of nitrogens with zero attached hydrogens (tertiary/aromatic N) is 7. The lowest BCUT2D eigenvalue weighted by molar-refractivity contribution is -0.126. The average molecular weight is 508 g/mol. The van der Waals surface area contributed by atoms with Gasteiger partial charge in [-0.1, -0.05) is 17.9 Å². The zero-order valence-corrected chi connectivity index (χ0v) is 20.8. The Morgan fingerprint density at radius 1 is 1.27 bits per heavy atom. The number of benzene rings is 1. The van der Waals surface area contributed by atoms with Crippen LogP contribution in [-0.4, -0.2) is 52.9 Å². The van der Waals surface area contributed by atoms with Gasteiger partial charge in [0, 0.05) is 18.3 Å². The first-order valence-electron chi connectivity index (χ1n) is 12.0. The normalized spacial score (nSPS) is 18.5. The Morgan fingerprint density at radius 2 is 2.08 bits per heavy atom. The van der Waals surface area contributed by atoms with Crippen molar-refractivity contribution in [2.75, 3.05) is 6.54 Å². The van der Waals surface area contributed by atoms with Crippen molar-refractivity contribution >= 4 is 16.9 Å². The number of hydrogen-bond acceptors (Lipinski definition) is 6. The molecule has 3 atom stereocenters. The van der Waals surface area contributed by atoms with Crippen LogP contribution in [0.5, 0.6) is 5.75 Å². The molecule has 0 bridgehead atoms. The molecule has 1 aromatic carbocycles. The number of fused-ring (bicyclic) bond motifs is 1. The van der Waals surface area contributed by atoms with Crippen molar-refractivity contribution in [1.82, 2.24) is 34.4 Å². The van der Waals surface area contributed by atoms with Crippen LogP contribution in [0.2, 0.25) is 0 Å². The number of carbonyl (C=O) groups is 1. The topological polar surface area (TPSA) is 91.0 Å². The third kappa shape index (κ3) is 4.34. The summed E-state index contributed by atoms with van der Waals surface area (Å²) in [6, 6.07) is 8.72. The zero-order valence-electron chi connectivity index (χ0n) is 20.8. The van der Waals surface area contributed by atoms with Gasteiger partial charge in [-0.05, 0) is 57.5 Å². The van der Waals surface area contributed by atoms with Crippen molar-refractivity contribution in [3.63, 3.8) is 0 Å². The number of carbonyl (C=O) groups excluding carboxylic acids is 1. The van der Waals surface area contributed by atoms with Gasteiger partial charge in [0.2, 0.25) is 5.91 Å². The second kappa shape index (κ2) is 9.72. The predicted molar refractivity (Wildman–Crippen MR) is 133 cm³/mol. The second-order valence-electron chi connectivity index (χ2n) is 9.09. The van der Waals surface area contributed by atoms with Crippen LogP contribution in [0, 0.1) is 6.92 Å². The van der Waals surface area contributed by atoms with E-state index in [0.717, 1.165) is 23.0 Å². The van der Waals surface area contributed by atoms with E-state index in [2.05, 4.69) is 26.9 Å². The fourth-order valence-electron chi connectivity index (χ4n) is 4.98. The summed E-state index contributed by atoms with van der Waals surface area (Å²) in [4.78, 5) is 22.5. The molecule has 4 aromatic rings. The third-order valence-corrected chi connectivity index (χ3v) is 6.94. The highest BCUT2D eigenvalue weighted by molar-refractivity contribution is 5.88. The Hall–Kier alpha value is -4.15. The summed E-state index contributed by atoms with van der Waals surface area (Å²) in [5.41, 5.74) is 3.23. The quantitative estimate of drug-likeness (QED) is 0.331. The number of imidazole rings is 1. The lowest BCUT2D eigenvalue weighted by atomic mass is 10.1. The summed E-state index contributed by atoms with van der Waals surface area (Å²) >= 11 is 0. The molecule has 0 spiro atoms. The third-order valence-electron chi connectivity index (χ3n) is 6.94. The van der Waals surface area contributed by atoms with Gasteiger partial charge >= 0.3 is 6.55 Å². The first-order chi connectivity index (χ1) is 17.8. The van der Waals surface area contributed by atoms with E-state index in [1.54, 1.807) is 29.3 Å². The Bertz CT molecular complexity index is 1450. The predicted octanol–water partition coefficient (Wildman–Crippen LogP) is 4.88. The minimum Gasteiger partial charge on any atom is -0.482 e. The van der Waals surface area contributed by atoms with E-state index in [-0.39, 0.29) is 29.3 Å². The molecule has 0 saturated carbocycles. The number of pyridine rings is 1. The number of rotatable bonds is 7. The first-order valence-corrected chi connectivity index (χ1v) is 12.0. The highest BCUT2D eigenvalue weighted by Gasteiger charge is 2.36. The van der Waals surface area contributed by atoms with E-state index in [1.807, 2.05) is 37.6 Å². The molecule has 0 radical (unpaired) electrons. The molecule has 3 aromatic heterocycles. The van der Waals surface area contributed by atoms with Crippen molar-refractivity contribution in [2.24, 2.45) is 0 Å². The summed E-state index contributed by atoms with van der Waals surface area (Å²) in [5, 5.41) is 8.82. The molecule has 1 aliphatic heterocycles. The van der Waals surface area contributed by atoms with E-state index < -0.39 is 12.7 Å². The largest absolute Gasteiger partial charge is 0.482 e. The Kier molecular flexibility index (Phi) is 6.45. The van der Waals surface area contributed by atoms with Gasteiger partial charge in [-0.25, -0.2) is 9.67 Å². The lowest BCUT2D eigenvalue weighted by Crippen LogP contribution is -2.35. The number of likely N-dealkylation sites (tertiary alicyclic amines) is 1. The fourth-order valence-corrected chi connectivity index (χ4v) is 4.98. The van der Waals surface area contributed by atoms with Gasteiger partial charge in [0.15, 0.2) is 0 Å². The van der Waals surface area contributed by atoms with Gasteiger partial charge in [0.05, 0.1) is 29.0 Å². The molecule has 1 fully saturated rings. The maximum absolute atomic E-state index is 13.8. The molecule has 1 amide bonds. The average Bonchev–Trinajstić information content (AvgIpc) is 3.60. The van der Waals surface area contributed by atoms with Gasteiger partial charge in [-0.15, -0.1) is 5.10 Å². The van der Waals surface area contributed by atoms with Gasteiger partial charge < -0.3 is 9.64 Å². The highest BCUT2D eigenvalue weighted by Crippen LogP contribution is 2.38. The fraction of sp³-hybridized carbons (Fsp3) is 0.346. The van der Waals surface area contributed by atoms with Crippen LogP contribution >= 0.6 is 0 Å². The van der Waals surface area contributed by atoms with Crippen LogP contribution < -0.4 is 4.74 Å². The minimum atomic E-state index is -2.78. The van der Waals surface area contributed by atoms with Gasteiger partial charge in [0.25, 0.3) is 0 Å². The molecule has 9 nitrogen and oxygen atoms in total. The number of hydrogen-bond donors (Lipinski definition) is 0. The van der Waals surface area contributed by atoms with E-state index in [9.17, 15) is 13.6 Å². The van der Waals surface area contributed by atoms with Crippen LogP contribution in [-0.2, 0) is 4.79 Å². The number of ether oxygens (including phenoxy) is 1. The summed E-state index contributed by atoms with van der Waals surface area (Å²) in [6.07, 6.45) is 4.31.